The van der Waals surface area contributed by atoms with Crippen molar-refractivity contribution in [3.05, 3.63) is 35.4 Å². The van der Waals surface area contributed by atoms with Gasteiger partial charge in [0.1, 0.15) is 0 Å². The lowest BCUT2D eigenvalue weighted by molar-refractivity contribution is -0.150. The molecule has 110 valence electrons. The summed E-state index contributed by atoms with van der Waals surface area (Å²) in [5.74, 6) is -0.160. The second-order valence-electron chi connectivity index (χ2n) is 6.49. The smallest absolute Gasteiger partial charge is 0.339 e. The predicted molar refractivity (Wildman–Crippen MR) is 78.4 cm³/mol. The quantitative estimate of drug-likeness (QED) is 0.858. The summed E-state index contributed by atoms with van der Waals surface area (Å²) in [4.78, 5) is 11.6. The van der Waals surface area contributed by atoms with Crippen LogP contribution < -0.4 is 0 Å². The van der Waals surface area contributed by atoms with Crippen molar-refractivity contribution in [3.8, 4) is 0 Å². The number of aliphatic hydroxyl groups is 1. The van der Waals surface area contributed by atoms with Gasteiger partial charge in [-0.25, -0.2) is 4.79 Å². The van der Waals surface area contributed by atoms with Crippen LogP contribution in [0.2, 0.25) is 0 Å². The second-order valence-corrected chi connectivity index (χ2v) is 6.49. The van der Waals surface area contributed by atoms with E-state index in [0.29, 0.717) is 16.9 Å². The average molecular weight is 276 g/mol. The zero-order valence-electron chi connectivity index (χ0n) is 12.6. The van der Waals surface area contributed by atoms with E-state index in [9.17, 15) is 9.90 Å². The molecule has 1 N–H and O–H groups in total. The Kier molecular flexibility index (Phi) is 4.48. The van der Waals surface area contributed by atoms with Gasteiger partial charge in [0.2, 0.25) is 0 Å². The minimum atomic E-state index is -1.17. The predicted octanol–water partition coefficient (Wildman–Crippen LogP) is 3.58. The lowest BCUT2D eigenvalue weighted by Crippen LogP contribution is -2.22. The minimum Gasteiger partial charge on any atom is -0.467 e. The van der Waals surface area contributed by atoms with Gasteiger partial charge in [-0.1, -0.05) is 38.1 Å². The number of ether oxygens (including phenoxy) is 1. The van der Waals surface area contributed by atoms with Crippen molar-refractivity contribution in [2.24, 2.45) is 5.41 Å². The van der Waals surface area contributed by atoms with Crippen LogP contribution in [0.25, 0.3) is 0 Å². The SMILES string of the molecule is COC(=O)C(O)c1ccccc1C1CCC(C)(C)CC1. The first-order chi connectivity index (χ1) is 9.44. The van der Waals surface area contributed by atoms with Crippen molar-refractivity contribution < 1.29 is 14.6 Å². The molecule has 0 amide bonds. The number of rotatable bonds is 3. The molecule has 1 aromatic rings. The molecule has 0 saturated heterocycles. The van der Waals surface area contributed by atoms with Gasteiger partial charge in [0.15, 0.2) is 6.10 Å². The van der Waals surface area contributed by atoms with E-state index in [0.717, 1.165) is 18.4 Å². The first-order valence-electron chi connectivity index (χ1n) is 7.29. The van der Waals surface area contributed by atoms with Crippen molar-refractivity contribution >= 4 is 5.97 Å². The number of aliphatic hydroxyl groups excluding tert-OH is 1. The van der Waals surface area contributed by atoms with Crippen LogP contribution in [0.1, 0.15) is 62.7 Å². The molecule has 1 unspecified atom stereocenters. The van der Waals surface area contributed by atoms with Crippen LogP contribution in [-0.2, 0) is 9.53 Å². The number of benzene rings is 1. The molecule has 1 saturated carbocycles. The second kappa shape index (κ2) is 5.96. The number of esters is 1. The third-order valence-corrected chi connectivity index (χ3v) is 4.49. The van der Waals surface area contributed by atoms with Crippen molar-refractivity contribution in [3.63, 3.8) is 0 Å². The Hall–Kier alpha value is -1.35. The molecule has 0 radical (unpaired) electrons. The molecular weight excluding hydrogens is 252 g/mol. The van der Waals surface area contributed by atoms with Crippen molar-refractivity contribution in [2.75, 3.05) is 7.11 Å². The standard InChI is InChI=1S/C17H24O3/c1-17(2)10-8-12(9-11-17)13-6-4-5-7-14(13)15(18)16(19)20-3/h4-7,12,15,18H,8-11H2,1-3H3. The zero-order valence-corrected chi connectivity index (χ0v) is 12.6. The highest BCUT2D eigenvalue weighted by atomic mass is 16.5. The normalized spacial score (nSPS) is 20.4. The summed E-state index contributed by atoms with van der Waals surface area (Å²) in [5, 5.41) is 10.1. The summed E-state index contributed by atoms with van der Waals surface area (Å²) < 4.78 is 4.65. The highest BCUT2D eigenvalue weighted by Crippen LogP contribution is 2.43. The molecule has 1 aliphatic carbocycles. The monoisotopic (exact) mass is 276 g/mol. The molecule has 1 aromatic carbocycles. The molecule has 3 nitrogen and oxygen atoms in total. The largest absolute Gasteiger partial charge is 0.467 e. The number of carbonyl (C=O) groups is 1. The molecule has 1 atom stereocenters. The maximum atomic E-state index is 11.6. The molecular formula is C17H24O3. The maximum Gasteiger partial charge on any atom is 0.339 e. The third kappa shape index (κ3) is 3.21. The molecule has 0 spiro atoms. The third-order valence-electron chi connectivity index (χ3n) is 4.49. The van der Waals surface area contributed by atoms with E-state index in [4.69, 9.17) is 0 Å². The lowest BCUT2D eigenvalue weighted by atomic mass is 9.70. The van der Waals surface area contributed by atoms with Crippen LogP contribution in [0.4, 0.5) is 0 Å². The number of hydrogen-bond donors (Lipinski definition) is 1. The van der Waals surface area contributed by atoms with Crippen molar-refractivity contribution in [1.82, 2.24) is 0 Å². The van der Waals surface area contributed by atoms with Gasteiger partial charge >= 0.3 is 5.97 Å². The van der Waals surface area contributed by atoms with Gasteiger partial charge in [-0.15, -0.1) is 0 Å². The van der Waals surface area contributed by atoms with Gasteiger partial charge in [0.25, 0.3) is 0 Å². The summed E-state index contributed by atoms with van der Waals surface area (Å²) >= 11 is 0. The highest BCUT2D eigenvalue weighted by molar-refractivity contribution is 5.76. The number of carbonyl (C=O) groups excluding carboxylic acids is 1. The van der Waals surface area contributed by atoms with Crippen molar-refractivity contribution in [2.45, 2.75) is 51.6 Å². The van der Waals surface area contributed by atoms with Crippen LogP contribution in [0.15, 0.2) is 24.3 Å². The van der Waals surface area contributed by atoms with Crippen LogP contribution >= 0.6 is 0 Å². The fraction of sp³-hybridized carbons (Fsp3) is 0.588. The Morgan fingerprint density at radius 2 is 1.90 bits per heavy atom. The average Bonchev–Trinajstić information content (AvgIpc) is 2.46. The van der Waals surface area contributed by atoms with E-state index >= 15 is 0 Å². The van der Waals surface area contributed by atoms with Gasteiger partial charge in [-0.3, -0.25) is 0 Å². The maximum absolute atomic E-state index is 11.6. The summed E-state index contributed by atoms with van der Waals surface area (Å²) in [6.45, 7) is 4.61. The van der Waals surface area contributed by atoms with E-state index in [2.05, 4.69) is 18.6 Å². The Balaban J connectivity index is 2.22. The summed E-state index contributed by atoms with van der Waals surface area (Å²) in [7, 11) is 1.30. The molecule has 0 aliphatic heterocycles. The molecule has 3 heteroatoms. The van der Waals surface area contributed by atoms with Gasteiger partial charge in [-0.05, 0) is 48.1 Å². The van der Waals surface area contributed by atoms with Gasteiger partial charge in [0, 0.05) is 0 Å². The molecule has 20 heavy (non-hydrogen) atoms. The molecule has 0 bridgehead atoms. The minimum absolute atomic E-state index is 0.409. The van der Waals surface area contributed by atoms with E-state index in [1.165, 1.54) is 20.0 Å². The summed E-state index contributed by atoms with van der Waals surface area (Å²) in [6, 6.07) is 7.70. The van der Waals surface area contributed by atoms with Crippen LogP contribution in [-0.4, -0.2) is 18.2 Å². The summed E-state index contributed by atoms with van der Waals surface area (Å²) in [5.41, 5.74) is 2.21. The topological polar surface area (TPSA) is 46.5 Å². The molecule has 0 heterocycles. The number of hydrogen-bond acceptors (Lipinski definition) is 3. The van der Waals surface area contributed by atoms with Gasteiger partial charge in [-0.2, -0.15) is 0 Å². The molecule has 1 fully saturated rings. The van der Waals surface area contributed by atoms with Crippen LogP contribution in [0.5, 0.6) is 0 Å². The highest BCUT2D eigenvalue weighted by Gasteiger charge is 2.30. The Morgan fingerprint density at radius 1 is 1.30 bits per heavy atom. The Morgan fingerprint density at radius 3 is 2.50 bits per heavy atom. The van der Waals surface area contributed by atoms with E-state index in [1.807, 2.05) is 24.3 Å². The fourth-order valence-electron chi connectivity index (χ4n) is 3.08. The van der Waals surface area contributed by atoms with Crippen LogP contribution in [0, 0.1) is 5.41 Å². The molecule has 1 aliphatic rings. The fourth-order valence-corrected chi connectivity index (χ4v) is 3.08. The van der Waals surface area contributed by atoms with Crippen molar-refractivity contribution in [1.29, 1.82) is 0 Å². The van der Waals surface area contributed by atoms with E-state index in [-0.39, 0.29) is 0 Å². The molecule has 2 rings (SSSR count). The lowest BCUT2D eigenvalue weighted by Gasteiger charge is -2.35. The Bertz CT molecular complexity index is 469. The Labute approximate surface area is 121 Å². The van der Waals surface area contributed by atoms with Crippen LogP contribution in [0.3, 0.4) is 0 Å². The summed E-state index contributed by atoms with van der Waals surface area (Å²) in [6.07, 6.45) is 3.40. The first-order valence-corrected chi connectivity index (χ1v) is 7.29. The van der Waals surface area contributed by atoms with E-state index < -0.39 is 12.1 Å². The molecule has 0 aromatic heterocycles. The first kappa shape index (κ1) is 15.0. The zero-order chi connectivity index (χ0) is 14.8. The van der Waals surface area contributed by atoms with Gasteiger partial charge < -0.3 is 9.84 Å². The van der Waals surface area contributed by atoms with E-state index in [1.54, 1.807) is 0 Å². The van der Waals surface area contributed by atoms with Gasteiger partial charge in [0.05, 0.1) is 7.11 Å². The number of methoxy groups -OCH3 is 1.